The summed E-state index contributed by atoms with van der Waals surface area (Å²) in [5.41, 5.74) is 1.11. The number of rotatable bonds is 6. The summed E-state index contributed by atoms with van der Waals surface area (Å²) in [5, 5.41) is 3.90. The third-order valence-electron chi connectivity index (χ3n) is 2.47. The molecule has 0 aliphatic rings. The Kier molecular flexibility index (Phi) is 5.70. The molecule has 19 heavy (non-hydrogen) atoms. The quantitative estimate of drug-likeness (QED) is 0.863. The van der Waals surface area contributed by atoms with Crippen LogP contribution >= 0.6 is 11.6 Å². The Bertz CT molecular complexity index is 438. The lowest BCUT2D eigenvalue weighted by Gasteiger charge is -2.22. The maximum atomic E-state index is 5.74. The Hall–Kier alpha value is -1.19. The van der Waals surface area contributed by atoms with Crippen LogP contribution in [0.15, 0.2) is 29.8 Å². The second-order valence-electron chi connectivity index (χ2n) is 5.38. The van der Waals surface area contributed by atoms with E-state index in [-0.39, 0.29) is 12.1 Å². The molecule has 0 bridgehead atoms. The van der Waals surface area contributed by atoms with E-state index >= 15 is 0 Å². The van der Waals surface area contributed by atoms with Crippen LogP contribution in [-0.2, 0) is 6.54 Å². The Labute approximate surface area is 120 Å². The molecule has 0 atom stereocenters. The average Bonchev–Trinajstić information content (AvgIpc) is 2.33. The van der Waals surface area contributed by atoms with E-state index in [2.05, 4.69) is 32.7 Å². The highest BCUT2D eigenvalue weighted by molar-refractivity contribution is 6.29. The summed E-state index contributed by atoms with van der Waals surface area (Å²) in [6.07, 6.45) is 0. The zero-order valence-electron chi connectivity index (χ0n) is 12.0. The standard InChI is InChI=1S/C15H22ClNO2/c1-11(16)10-19-14-8-13(18-5)7-6-12(14)9-17-15(2,3)4/h6-8,17H,1,9-10H2,2-5H3. The highest BCUT2D eigenvalue weighted by atomic mass is 35.5. The number of hydrogen-bond donors (Lipinski definition) is 1. The first-order chi connectivity index (χ1) is 8.81. The normalized spacial score (nSPS) is 11.2. The zero-order valence-corrected chi connectivity index (χ0v) is 12.8. The summed E-state index contributed by atoms with van der Waals surface area (Å²) in [6, 6.07) is 5.77. The van der Waals surface area contributed by atoms with Crippen LogP contribution in [0.3, 0.4) is 0 Å². The minimum atomic E-state index is 0.0489. The smallest absolute Gasteiger partial charge is 0.128 e. The van der Waals surface area contributed by atoms with Crippen molar-refractivity contribution in [1.29, 1.82) is 0 Å². The van der Waals surface area contributed by atoms with E-state index in [4.69, 9.17) is 21.1 Å². The van der Waals surface area contributed by atoms with Crippen molar-refractivity contribution >= 4 is 11.6 Å². The van der Waals surface area contributed by atoms with Crippen LogP contribution in [0.5, 0.6) is 11.5 Å². The molecule has 1 aromatic rings. The summed E-state index contributed by atoms with van der Waals surface area (Å²) in [5.74, 6) is 1.52. The van der Waals surface area contributed by atoms with Gasteiger partial charge in [-0.05, 0) is 26.8 Å². The molecule has 0 aromatic heterocycles. The van der Waals surface area contributed by atoms with Crippen molar-refractivity contribution in [3.05, 3.63) is 35.4 Å². The first kappa shape index (κ1) is 15.9. The summed E-state index contributed by atoms with van der Waals surface area (Å²) < 4.78 is 10.9. The van der Waals surface area contributed by atoms with Gasteiger partial charge in [-0.25, -0.2) is 0 Å². The van der Waals surface area contributed by atoms with E-state index < -0.39 is 0 Å². The van der Waals surface area contributed by atoms with E-state index in [1.54, 1.807) is 7.11 Å². The molecule has 0 aliphatic heterocycles. The fourth-order valence-corrected chi connectivity index (χ4v) is 1.51. The summed E-state index contributed by atoms with van der Waals surface area (Å²) in [6.45, 7) is 11.0. The van der Waals surface area contributed by atoms with E-state index in [1.165, 1.54) is 0 Å². The monoisotopic (exact) mass is 283 g/mol. The molecule has 0 aliphatic carbocycles. The lowest BCUT2D eigenvalue weighted by molar-refractivity contribution is 0.344. The number of ether oxygens (including phenoxy) is 2. The SMILES string of the molecule is C=C(Cl)COc1cc(OC)ccc1CNC(C)(C)C. The van der Waals surface area contributed by atoms with Gasteiger partial charge in [-0.15, -0.1) is 0 Å². The predicted octanol–water partition coefficient (Wildman–Crippen LogP) is 3.71. The third-order valence-corrected chi connectivity index (χ3v) is 2.58. The molecule has 1 rings (SSSR count). The first-order valence-corrected chi connectivity index (χ1v) is 6.57. The van der Waals surface area contributed by atoms with Crippen LogP contribution in [0, 0.1) is 0 Å². The molecular weight excluding hydrogens is 262 g/mol. The first-order valence-electron chi connectivity index (χ1n) is 6.20. The Morgan fingerprint density at radius 2 is 2.05 bits per heavy atom. The van der Waals surface area contributed by atoms with Gasteiger partial charge in [-0.1, -0.05) is 24.2 Å². The van der Waals surface area contributed by atoms with E-state index in [0.717, 1.165) is 23.6 Å². The minimum absolute atomic E-state index is 0.0489. The summed E-state index contributed by atoms with van der Waals surface area (Å²) in [4.78, 5) is 0. The average molecular weight is 284 g/mol. The highest BCUT2D eigenvalue weighted by Crippen LogP contribution is 2.26. The van der Waals surface area contributed by atoms with Crippen molar-refractivity contribution in [1.82, 2.24) is 5.32 Å². The fourth-order valence-electron chi connectivity index (χ4n) is 1.46. The molecule has 1 N–H and O–H groups in total. The van der Waals surface area contributed by atoms with Gasteiger partial charge >= 0.3 is 0 Å². The molecule has 0 saturated heterocycles. The van der Waals surface area contributed by atoms with Gasteiger partial charge in [0.25, 0.3) is 0 Å². The summed E-state index contributed by atoms with van der Waals surface area (Å²) in [7, 11) is 1.63. The van der Waals surface area contributed by atoms with Crippen LogP contribution in [0.1, 0.15) is 26.3 Å². The number of benzene rings is 1. The van der Waals surface area contributed by atoms with Gasteiger partial charge in [-0.3, -0.25) is 0 Å². The van der Waals surface area contributed by atoms with Crippen molar-refractivity contribution in [2.24, 2.45) is 0 Å². The van der Waals surface area contributed by atoms with Gasteiger partial charge < -0.3 is 14.8 Å². The van der Waals surface area contributed by atoms with Crippen molar-refractivity contribution < 1.29 is 9.47 Å². The molecular formula is C15H22ClNO2. The van der Waals surface area contributed by atoms with Crippen LogP contribution in [-0.4, -0.2) is 19.3 Å². The molecule has 1 aromatic carbocycles. The highest BCUT2D eigenvalue weighted by Gasteiger charge is 2.12. The number of hydrogen-bond acceptors (Lipinski definition) is 3. The number of methoxy groups -OCH3 is 1. The molecule has 106 valence electrons. The molecule has 0 heterocycles. The van der Waals surface area contributed by atoms with Crippen LogP contribution in [0.25, 0.3) is 0 Å². The lowest BCUT2D eigenvalue weighted by Crippen LogP contribution is -2.35. The molecule has 0 amide bonds. The van der Waals surface area contributed by atoms with Crippen LogP contribution in [0.4, 0.5) is 0 Å². The minimum Gasteiger partial charge on any atom is -0.497 e. The predicted molar refractivity (Wildman–Crippen MR) is 80.1 cm³/mol. The second-order valence-corrected chi connectivity index (χ2v) is 5.92. The maximum absolute atomic E-state index is 5.74. The summed E-state index contributed by atoms with van der Waals surface area (Å²) >= 11 is 5.74. The molecule has 0 radical (unpaired) electrons. The fraction of sp³-hybridized carbons (Fsp3) is 0.467. The zero-order chi connectivity index (χ0) is 14.5. The van der Waals surface area contributed by atoms with Gasteiger partial charge in [0.05, 0.1) is 7.11 Å². The Balaban J connectivity index is 2.85. The van der Waals surface area contributed by atoms with Gasteiger partial charge in [0.1, 0.15) is 18.1 Å². The van der Waals surface area contributed by atoms with Gasteiger partial charge in [-0.2, -0.15) is 0 Å². The van der Waals surface area contributed by atoms with Gasteiger partial charge in [0, 0.05) is 28.7 Å². The largest absolute Gasteiger partial charge is 0.497 e. The molecule has 3 nitrogen and oxygen atoms in total. The molecule has 4 heteroatoms. The van der Waals surface area contributed by atoms with E-state index in [9.17, 15) is 0 Å². The van der Waals surface area contributed by atoms with Crippen LogP contribution in [0.2, 0.25) is 0 Å². The number of halogens is 1. The third kappa shape index (κ3) is 5.99. The lowest BCUT2D eigenvalue weighted by atomic mass is 10.1. The topological polar surface area (TPSA) is 30.5 Å². The molecule has 0 unspecified atom stereocenters. The van der Waals surface area contributed by atoms with Crippen molar-refractivity contribution in [2.45, 2.75) is 32.9 Å². The maximum Gasteiger partial charge on any atom is 0.128 e. The van der Waals surface area contributed by atoms with Crippen molar-refractivity contribution in [3.63, 3.8) is 0 Å². The Morgan fingerprint density at radius 3 is 2.58 bits per heavy atom. The molecule has 0 fully saturated rings. The van der Waals surface area contributed by atoms with Gasteiger partial charge in [0.15, 0.2) is 0 Å². The Morgan fingerprint density at radius 1 is 1.37 bits per heavy atom. The second kappa shape index (κ2) is 6.83. The van der Waals surface area contributed by atoms with Crippen LogP contribution < -0.4 is 14.8 Å². The van der Waals surface area contributed by atoms with E-state index in [1.807, 2.05) is 18.2 Å². The molecule has 0 spiro atoms. The molecule has 0 saturated carbocycles. The van der Waals surface area contributed by atoms with Crippen molar-refractivity contribution in [2.75, 3.05) is 13.7 Å². The van der Waals surface area contributed by atoms with Crippen molar-refractivity contribution in [3.8, 4) is 11.5 Å². The number of nitrogens with one attached hydrogen (secondary N) is 1. The van der Waals surface area contributed by atoms with Gasteiger partial charge in [0.2, 0.25) is 0 Å². The van der Waals surface area contributed by atoms with E-state index in [0.29, 0.717) is 5.03 Å².